The molecule has 0 rings (SSSR count). The molecule has 0 radical (unpaired) electrons. The molecule has 0 aliphatic heterocycles. The monoisotopic (exact) mass is 257 g/mol. The fourth-order valence-corrected chi connectivity index (χ4v) is 1.66. The van der Waals surface area contributed by atoms with Gasteiger partial charge in [0.15, 0.2) is 5.60 Å². The molecule has 5 nitrogen and oxygen atoms in total. The maximum absolute atomic E-state index is 11.6. The number of amides is 1. The first-order chi connectivity index (χ1) is 8.19. The van der Waals surface area contributed by atoms with Crippen molar-refractivity contribution >= 4 is 11.9 Å². The van der Waals surface area contributed by atoms with Crippen molar-refractivity contribution in [1.82, 2.24) is 5.32 Å². The van der Waals surface area contributed by atoms with E-state index in [-0.39, 0.29) is 18.9 Å². The molecule has 3 N–H and O–H groups in total. The Morgan fingerprint density at radius 1 is 1.44 bits per heavy atom. The lowest BCUT2D eigenvalue weighted by molar-refractivity contribution is -0.139. The second kappa shape index (κ2) is 7.16. The second-order valence-corrected chi connectivity index (χ2v) is 5.16. The Morgan fingerprint density at radius 3 is 2.39 bits per heavy atom. The normalized spacial score (nSPS) is 15.8. The van der Waals surface area contributed by atoms with Crippen molar-refractivity contribution in [2.24, 2.45) is 11.8 Å². The zero-order valence-electron chi connectivity index (χ0n) is 11.3. The van der Waals surface area contributed by atoms with E-state index >= 15 is 0 Å². The van der Waals surface area contributed by atoms with Crippen LogP contribution in [0.1, 0.15) is 33.6 Å². The average molecular weight is 257 g/mol. The molecule has 0 fully saturated rings. The SMILES string of the molecule is C=CC(C)(O)C(=O)NC[C@H](CC(=O)O)CC(C)C. The van der Waals surface area contributed by atoms with Crippen molar-refractivity contribution in [2.45, 2.75) is 39.2 Å². The van der Waals surface area contributed by atoms with Gasteiger partial charge in [-0.1, -0.05) is 26.5 Å². The number of carboxylic acid groups (broad SMARTS) is 1. The number of carbonyl (C=O) groups is 2. The van der Waals surface area contributed by atoms with Crippen LogP contribution >= 0.6 is 0 Å². The largest absolute Gasteiger partial charge is 0.481 e. The van der Waals surface area contributed by atoms with E-state index in [1.807, 2.05) is 13.8 Å². The van der Waals surface area contributed by atoms with Gasteiger partial charge in [-0.25, -0.2) is 0 Å². The lowest BCUT2D eigenvalue weighted by Gasteiger charge is -2.22. The third-order valence-corrected chi connectivity index (χ3v) is 2.68. The highest BCUT2D eigenvalue weighted by Crippen LogP contribution is 2.15. The molecule has 0 heterocycles. The highest BCUT2D eigenvalue weighted by molar-refractivity contribution is 5.86. The molecule has 0 aliphatic carbocycles. The Bertz CT molecular complexity index is 310. The van der Waals surface area contributed by atoms with Gasteiger partial charge in [-0.15, -0.1) is 0 Å². The first-order valence-electron chi connectivity index (χ1n) is 6.05. The molecule has 5 heteroatoms. The number of nitrogens with one attached hydrogen (secondary N) is 1. The number of aliphatic hydroxyl groups is 1. The quantitative estimate of drug-likeness (QED) is 0.570. The topological polar surface area (TPSA) is 86.6 Å². The predicted molar refractivity (Wildman–Crippen MR) is 69.0 cm³/mol. The van der Waals surface area contributed by atoms with E-state index in [0.29, 0.717) is 12.3 Å². The summed E-state index contributed by atoms with van der Waals surface area (Å²) in [6, 6.07) is 0. The second-order valence-electron chi connectivity index (χ2n) is 5.16. The fraction of sp³-hybridized carbons (Fsp3) is 0.692. The summed E-state index contributed by atoms with van der Waals surface area (Å²) in [6.45, 7) is 8.95. The predicted octanol–water partition coefficient (Wildman–Crippen LogP) is 1.18. The van der Waals surface area contributed by atoms with Crippen molar-refractivity contribution in [1.29, 1.82) is 0 Å². The van der Waals surface area contributed by atoms with Gasteiger partial charge >= 0.3 is 5.97 Å². The molecule has 0 aromatic heterocycles. The van der Waals surface area contributed by atoms with Crippen LogP contribution in [-0.2, 0) is 9.59 Å². The zero-order chi connectivity index (χ0) is 14.3. The van der Waals surface area contributed by atoms with E-state index in [4.69, 9.17) is 5.11 Å². The number of carboxylic acids is 1. The third-order valence-electron chi connectivity index (χ3n) is 2.68. The van der Waals surface area contributed by atoms with Crippen LogP contribution in [0, 0.1) is 11.8 Å². The Kier molecular flexibility index (Phi) is 6.62. The standard InChI is InChI=1S/C13H23NO4/c1-5-13(4,18)12(17)14-8-10(6-9(2)3)7-11(15)16/h5,9-10,18H,1,6-8H2,2-4H3,(H,14,17)(H,15,16)/t10-,13?/m0/s1. The first-order valence-corrected chi connectivity index (χ1v) is 6.05. The van der Waals surface area contributed by atoms with Crippen molar-refractivity contribution < 1.29 is 19.8 Å². The van der Waals surface area contributed by atoms with Crippen molar-refractivity contribution in [3.8, 4) is 0 Å². The summed E-state index contributed by atoms with van der Waals surface area (Å²) in [5, 5.41) is 21.0. The molecular weight excluding hydrogens is 234 g/mol. The van der Waals surface area contributed by atoms with E-state index in [2.05, 4.69) is 11.9 Å². The van der Waals surface area contributed by atoms with Crippen LogP contribution in [0.4, 0.5) is 0 Å². The Labute approximate surface area is 108 Å². The van der Waals surface area contributed by atoms with E-state index in [1.165, 1.54) is 6.92 Å². The minimum absolute atomic E-state index is 0.00862. The Morgan fingerprint density at radius 2 is 2.00 bits per heavy atom. The summed E-state index contributed by atoms with van der Waals surface area (Å²) in [5.74, 6) is -1.22. The van der Waals surface area contributed by atoms with Gasteiger partial charge in [0, 0.05) is 13.0 Å². The van der Waals surface area contributed by atoms with Crippen molar-refractivity contribution in [3.63, 3.8) is 0 Å². The van der Waals surface area contributed by atoms with Crippen LogP contribution in [0.2, 0.25) is 0 Å². The lowest BCUT2D eigenvalue weighted by atomic mass is 9.94. The van der Waals surface area contributed by atoms with Gasteiger partial charge in [-0.3, -0.25) is 9.59 Å². The highest BCUT2D eigenvalue weighted by atomic mass is 16.4. The van der Waals surface area contributed by atoms with Gasteiger partial charge in [0.2, 0.25) is 0 Å². The molecule has 0 saturated carbocycles. The molecule has 1 amide bonds. The van der Waals surface area contributed by atoms with Gasteiger partial charge in [0.1, 0.15) is 0 Å². The van der Waals surface area contributed by atoms with Gasteiger partial charge in [0.05, 0.1) is 0 Å². The molecule has 0 aromatic rings. The van der Waals surface area contributed by atoms with E-state index in [1.54, 1.807) is 0 Å². The number of hydrogen-bond acceptors (Lipinski definition) is 3. The molecule has 0 spiro atoms. The Hall–Kier alpha value is -1.36. The van der Waals surface area contributed by atoms with E-state index < -0.39 is 17.5 Å². The highest BCUT2D eigenvalue weighted by Gasteiger charge is 2.27. The number of hydrogen-bond donors (Lipinski definition) is 3. The summed E-state index contributed by atoms with van der Waals surface area (Å²) in [5.41, 5.74) is -1.62. The van der Waals surface area contributed by atoms with Crippen LogP contribution in [0.5, 0.6) is 0 Å². The van der Waals surface area contributed by atoms with E-state index in [9.17, 15) is 14.7 Å². The van der Waals surface area contributed by atoms with E-state index in [0.717, 1.165) is 6.08 Å². The number of carbonyl (C=O) groups excluding carboxylic acids is 1. The van der Waals surface area contributed by atoms with Crippen LogP contribution < -0.4 is 5.32 Å². The maximum atomic E-state index is 11.6. The molecule has 1 unspecified atom stereocenters. The van der Waals surface area contributed by atoms with Gasteiger partial charge in [-0.2, -0.15) is 0 Å². The number of rotatable bonds is 8. The Balaban J connectivity index is 4.38. The van der Waals surface area contributed by atoms with Gasteiger partial charge in [-0.05, 0) is 25.2 Å². The summed E-state index contributed by atoms with van der Waals surface area (Å²) in [4.78, 5) is 22.3. The smallest absolute Gasteiger partial charge is 0.303 e. The lowest BCUT2D eigenvalue weighted by Crippen LogP contribution is -2.44. The van der Waals surface area contributed by atoms with Crippen LogP contribution in [-0.4, -0.2) is 34.2 Å². The molecule has 18 heavy (non-hydrogen) atoms. The molecule has 2 atom stereocenters. The minimum atomic E-state index is -1.62. The molecule has 104 valence electrons. The molecular formula is C13H23NO4. The molecule has 0 aliphatic rings. The van der Waals surface area contributed by atoms with Crippen LogP contribution in [0.25, 0.3) is 0 Å². The maximum Gasteiger partial charge on any atom is 0.303 e. The zero-order valence-corrected chi connectivity index (χ0v) is 11.3. The molecule has 0 aromatic carbocycles. The van der Waals surface area contributed by atoms with Gasteiger partial charge in [0.25, 0.3) is 5.91 Å². The summed E-state index contributed by atoms with van der Waals surface area (Å²) < 4.78 is 0. The summed E-state index contributed by atoms with van der Waals surface area (Å²) in [7, 11) is 0. The summed E-state index contributed by atoms with van der Waals surface area (Å²) in [6.07, 6.45) is 1.87. The van der Waals surface area contributed by atoms with Gasteiger partial charge < -0.3 is 15.5 Å². The average Bonchev–Trinajstić information content (AvgIpc) is 2.23. The van der Waals surface area contributed by atoms with Crippen LogP contribution in [0.3, 0.4) is 0 Å². The van der Waals surface area contributed by atoms with Crippen molar-refractivity contribution in [3.05, 3.63) is 12.7 Å². The van der Waals surface area contributed by atoms with Crippen LogP contribution in [0.15, 0.2) is 12.7 Å². The van der Waals surface area contributed by atoms with Crippen molar-refractivity contribution in [2.75, 3.05) is 6.54 Å². The molecule has 0 bridgehead atoms. The fourth-order valence-electron chi connectivity index (χ4n) is 1.66. The minimum Gasteiger partial charge on any atom is -0.481 e. The molecule has 0 saturated heterocycles. The summed E-state index contributed by atoms with van der Waals surface area (Å²) >= 11 is 0. The first kappa shape index (κ1) is 16.6. The number of aliphatic carboxylic acids is 1. The third kappa shape index (κ3) is 6.39.